The summed E-state index contributed by atoms with van der Waals surface area (Å²) in [6.45, 7) is 3.20. The van der Waals surface area contributed by atoms with Crippen LogP contribution < -0.4 is 0 Å². The number of halogens is 1. The number of nitrogens with zero attached hydrogens (tertiary/aromatic N) is 2. The van der Waals surface area contributed by atoms with Gasteiger partial charge in [-0.15, -0.1) is 0 Å². The molecule has 1 saturated heterocycles. The molecule has 62 valence electrons. The summed E-state index contributed by atoms with van der Waals surface area (Å²) >= 11 is 5.57. The molecule has 1 aliphatic heterocycles. The molecule has 0 N–H and O–H groups in total. The summed E-state index contributed by atoms with van der Waals surface area (Å²) in [6.07, 6.45) is 0. The third-order valence-electron chi connectivity index (χ3n) is 1.77. The normalized spacial score (nSPS) is 23.3. The lowest BCUT2D eigenvalue weighted by atomic mass is 10.1. The number of hydrogen-bond acceptors (Lipinski definition) is 2. The van der Waals surface area contributed by atoms with Crippen LogP contribution in [0.4, 0.5) is 4.79 Å². The molecule has 0 bridgehead atoms. The maximum absolute atomic E-state index is 11.2. The van der Waals surface area contributed by atoms with Gasteiger partial charge in [0.1, 0.15) is 5.54 Å². The smallest absolute Gasteiger partial charge is 0.272 e. The highest BCUT2D eigenvalue weighted by Crippen LogP contribution is 2.27. The molecular weight excluding hydrogens is 168 g/mol. The molecule has 0 aromatic carbocycles. The minimum Gasteiger partial charge on any atom is -0.272 e. The number of likely N-dealkylation sites (N-methyl/N-ethyl adjacent to an activating group) is 1. The summed E-state index contributed by atoms with van der Waals surface area (Å²) in [5.74, 6) is -0.280. The molecule has 11 heavy (non-hydrogen) atoms. The molecule has 4 nitrogen and oxygen atoms in total. The van der Waals surface area contributed by atoms with Crippen molar-refractivity contribution in [1.29, 1.82) is 0 Å². The van der Waals surface area contributed by atoms with Crippen LogP contribution in [0, 0.1) is 0 Å². The van der Waals surface area contributed by atoms with E-state index < -0.39 is 11.6 Å². The number of urea groups is 1. The van der Waals surface area contributed by atoms with E-state index in [1.165, 1.54) is 7.05 Å². The van der Waals surface area contributed by atoms with Crippen molar-refractivity contribution < 1.29 is 9.59 Å². The van der Waals surface area contributed by atoms with E-state index >= 15 is 0 Å². The molecule has 3 amide bonds. The highest BCUT2D eigenvalue weighted by molar-refractivity contribution is 6.27. The predicted molar refractivity (Wildman–Crippen MR) is 39.9 cm³/mol. The third kappa shape index (κ3) is 0.894. The van der Waals surface area contributed by atoms with Crippen molar-refractivity contribution in [3.63, 3.8) is 0 Å². The van der Waals surface area contributed by atoms with Crippen LogP contribution in [0.2, 0.25) is 0 Å². The highest BCUT2D eigenvalue weighted by Gasteiger charge is 2.49. The van der Waals surface area contributed by atoms with E-state index in [0.29, 0.717) is 0 Å². The summed E-state index contributed by atoms with van der Waals surface area (Å²) in [6, 6.07) is -0.471. The molecule has 0 saturated carbocycles. The second kappa shape index (κ2) is 2.11. The second-order valence-electron chi connectivity index (χ2n) is 2.99. The zero-order valence-corrected chi connectivity index (χ0v) is 7.34. The van der Waals surface area contributed by atoms with Crippen LogP contribution in [-0.2, 0) is 4.79 Å². The first-order valence-electron chi connectivity index (χ1n) is 3.17. The summed E-state index contributed by atoms with van der Waals surface area (Å²) in [5, 5.41) is 0. The van der Waals surface area contributed by atoms with Gasteiger partial charge in [0.05, 0.1) is 0 Å². The van der Waals surface area contributed by atoms with Gasteiger partial charge in [0, 0.05) is 18.8 Å². The van der Waals surface area contributed by atoms with Gasteiger partial charge in [-0.3, -0.25) is 9.69 Å². The Balaban J connectivity index is 3.06. The minimum absolute atomic E-state index is 0.280. The van der Waals surface area contributed by atoms with Gasteiger partial charge in [-0.25, -0.2) is 9.21 Å². The van der Waals surface area contributed by atoms with Gasteiger partial charge in [-0.05, 0) is 13.8 Å². The molecule has 0 aromatic heterocycles. The first kappa shape index (κ1) is 8.33. The van der Waals surface area contributed by atoms with Crippen molar-refractivity contribution in [3.05, 3.63) is 0 Å². The molecular formula is C6H9ClN2O2. The molecule has 1 rings (SSSR count). The van der Waals surface area contributed by atoms with Crippen molar-refractivity contribution in [3.8, 4) is 0 Å². The summed E-state index contributed by atoms with van der Waals surface area (Å²) in [5.41, 5.74) is -0.909. The number of rotatable bonds is 0. The lowest BCUT2D eigenvalue weighted by molar-refractivity contribution is -0.130. The van der Waals surface area contributed by atoms with Gasteiger partial charge in [0.25, 0.3) is 5.91 Å². The Morgan fingerprint density at radius 3 is 1.91 bits per heavy atom. The summed E-state index contributed by atoms with van der Waals surface area (Å²) in [7, 11) is 1.41. The molecule has 0 radical (unpaired) electrons. The zero-order chi connectivity index (χ0) is 8.81. The van der Waals surface area contributed by atoms with Gasteiger partial charge in [-0.1, -0.05) is 0 Å². The van der Waals surface area contributed by atoms with Crippen molar-refractivity contribution in [1.82, 2.24) is 9.32 Å². The Morgan fingerprint density at radius 1 is 1.36 bits per heavy atom. The Labute approximate surface area is 69.8 Å². The van der Waals surface area contributed by atoms with Crippen LogP contribution in [-0.4, -0.2) is 33.8 Å². The largest absolute Gasteiger partial charge is 0.342 e. The molecule has 1 heterocycles. The van der Waals surface area contributed by atoms with Gasteiger partial charge in [0.2, 0.25) is 0 Å². The Morgan fingerprint density at radius 2 is 1.82 bits per heavy atom. The highest BCUT2D eigenvalue weighted by atomic mass is 35.5. The fraction of sp³-hybridized carbons (Fsp3) is 0.667. The maximum Gasteiger partial charge on any atom is 0.342 e. The summed E-state index contributed by atoms with van der Waals surface area (Å²) in [4.78, 5) is 23.3. The molecule has 5 heteroatoms. The van der Waals surface area contributed by atoms with Crippen LogP contribution in [0.5, 0.6) is 0 Å². The topological polar surface area (TPSA) is 40.6 Å². The SMILES string of the molecule is CN1C(=O)N(Cl)C(C)(C)C1=O. The molecule has 0 atom stereocenters. The minimum atomic E-state index is -0.909. The van der Waals surface area contributed by atoms with E-state index in [-0.39, 0.29) is 5.91 Å². The molecule has 1 aliphatic rings. The van der Waals surface area contributed by atoms with E-state index in [2.05, 4.69) is 0 Å². The monoisotopic (exact) mass is 176 g/mol. The zero-order valence-electron chi connectivity index (χ0n) is 6.59. The van der Waals surface area contributed by atoms with Gasteiger partial charge >= 0.3 is 6.03 Å². The average Bonchev–Trinajstić information content (AvgIpc) is 2.06. The number of carbonyl (C=O) groups is 2. The van der Waals surface area contributed by atoms with Crippen LogP contribution in [0.15, 0.2) is 0 Å². The van der Waals surface area contributed by atoms with Crippen LogP contribution in [0.25, 0.3) is 0 Å². The lowest BCUT2D eigenvalue weighted by Gasteiger charge is -2.19. The lowest BCUT2D eigenvalue weighted by Crippen LogP contribution is -2.38. The van der Waals surface area contributed by atoms with Gasteiger partial charge < -0.3 is 0 Å². The maximum atomic E-state index is 11.2. The first-order chi connectivity index (χ1) is 4.89. The van der Waals surface area contributed by atoms with Crippen LogP contribution >= 0.6 is 11.8 Å². The Hall–Kier alpha value is -0.770. The van der Waals surface area contributed by atoms with Crippen LogP contribution in [0.3, 0.4) is 0 Å². The van der Waals surface area contributed by atoms with E-state index in [1.54, 1.807) is 13.8 Å². The average molecular weight is 177 g/mol. The van der Waals surface area contributed by atoms with Crippen molar-refractivity contribution >= 4 is 23.7 Å². The Kier molecular flexibility index (Phi) is 1.59. The van der Waals surface area contributed by atoms with E-state index in [1.807, 2.05) is 0 Å². The standard InChI is InChI=1S/C6H9ClN2O2/c1-6(2)4(10)8(3)5(11)9(6)7/h1-3H3. The summed E-state index contributed by atoms with van der Waals surface area (Å²) < 4.78 is 0.912. The molecule has 0 unspecified atom stereocenters. The Bertz CT molecular complexity index is 227. The third-order valence-corrected chi connectivity index (χ3v) is 2.34. The van der Waals surface area contributed by atoms with E-state index in [4.69, 9.17) is 11.8 Å². The molecule has 0 aromatic rings. The molecule has 1 fully saturated rings. The predicted octanol–water partition coefficient (Wildman–Crippen LogP) is 0.813. The van der Waals surface area contributed by atoms with Crippen molar-refractivity contribution in [2.75, 3.05) is 7.05 Å². The van der Waals surface area contributed by atoms with Crippen LogP contribution in [0.1, 0.15) is 13.8 Å². The first-order valence-corrected chi connectivity index (χ1v) is 3.51. The number of amides is 3. The second-order valence-corrected chi connectivity index (χ2v) is 3.32. The number of hydrogen-bond donors (Lipinski definition) is 0. The van der Waals surface area contributed by atoms with Gasteiger partial charge in [-0.2, -0.15) is 0 Å². The van der Waals surface area contributed by atoms with E-state index in [0.717, 1.165) is 9.32 Å². The quantitative estimate of drug-likeness (QED) is 0.405. The molecule has 0 aliphatic carbocycles. The van der Waals surface area contributed by atoms with E-state index in [9.17, 15) is 9.59 Å². The number of carbonyl (C=O) groups excluding carboxylic acids is 2. The molecule has 0 spiro atoms. The van der Waals surface area contributed by atoms with Crippen molar-refractivity contribution in [2.45, 2.75) is 19.4 Å². The van der Waals surface area contributed by atoms with Gasteiger partial charge in [0.15, 0.2) is 0 Å². The fourth-order valence-electron chi connectivity index (χ4n) is 0.952. The van der Waals surface area contributed by atoms with Crippen molar-refractivity contribution in [2.24, 2.45) is 0 Å². The fourth-order valence-corrected chi connectivity index (χ4v) is 1.14. The number of imide groups is 1.